The molecule has 0 aliphatic carbocycles. The van der Waals surface area contributed by atoms with Crippen LogP contribution in [0.15, 0.2) is 42.5 Å². The topological polar surface area (TPSA) is 17.1 Å². The van der Waals surface area contributed by atoms with Crippen molar-refractivity contribution in [3.8, 4) is 11.1 Å². The summed E-state index contributed by atoms with van der Waals surface area (Å²) in [5.41, 5.74) is 5.89. The highest BCUT2D eigenvalue weighted by Gasteiger charge is 2.05. The first-order chi connectivity index (χ1) is 9.15. The van der Waals surface area contributed by atoms with Crippen LogP contribution in [0.25, 0.3) is 11.1 Å². The van der Waals surface area contributed by atoms with Gasteiger partial charge in [0.05, 0.1) is 0 Å². The fourth-order valence-corrected chi connectivity index (χ4v) is 2.40. The second-order valence-corrected chi connectivity index (χ2v) is 4.83. The van der Waals surface area contributed by atoms with E-state index in [1.807, 2.05) is 18.2 Å². The Morgan fingerprint density at radius 3 is 2.21 bits per heavy atom. The Hall–Kier alpha value is -1.89. The highest BCUT2D eigenvalue weighted by atomic mass is 16.1. The van der Waals surface area contributed by atoms with Gasteiger partial charge in [0.15, 0.2) is 5.78 Å². The fourth-order valence-electron chi connectivity index (χ4n) is 2.40. The number of hydrogen-bond donors (Lipinski definition) is 0. The Morgan fingerprint density at radius 1 is 0.895 bits per heavy atom. The highest BCUT2D eigenvalue weighted by Crippen LogP contribution is 2.24. The van der Waals surface area contributed by atoms with Crippen LogP contribution in [0.2, 0.25) is 0 Å². The minimum absolute atomic E-state index is 0.114. The molecule has 0 atom stereocenters. The Labute approximate surface area is 115 Å². The number of rotatable bonds is 4. The van der Waals surface area contributed by atoms with Crippen LogP contribution >= 0.6 is 0 Å². The van der Waals surface area contributed by atoms with Gasteiger partial charge >= 0.3 is 0 Å². The molecule has 0 spiro atoms. The lowest BCUT2D eigenvalue weighted by Gasteiger charge is -2.10. The lowest BCUT2D eigenvalue weighted by Crippen LogP contribution is -1.94. The van der Waals surface area contributed by atoms with E-state index in [9.17, 15) is 4.79 Å². The molecule has 19 heavy (non-hydrogen) atoms. The zero-order chi connectivity index (χ0) is 13.8. The van der Waals surface area contributed by atoms with Crippen LogP contribution in [-0.4, -0.2) is 5.78 Å². The van der Waals surface area contributed by atoms with Gasteiger partial charge in [-0.15, -0.1) is 0 Å². The Kier molecular flexibility index (Phi) is 4.16. The monoisotopic (exact) mass is 252 g/mol. The van der Waals surface area contributed by atoms with E-state index in [1.54, 1.807) is 6.92 Å². The molecule has 2 rings (SSSR count). The molecule has 1 heteroatoms. The van der Waals surface area contributed by atoms with Gasteiger partial charge in [-0.1, -0.05) is 50.2 Å². The van der Waals surface area contributed by atoms with Crippen molar-refractivity contribution in [2.45, 2.75) is 33.6 Å². The molecule has 2 aromatic carbocycles. The van der Waals surface area contributed by atoms with Gasteiger partial charge in [-0.25, -0.2) is 0 Å². The van der Waals surface area contributed by atoms with E-state index in [1.165, 1.54) is 16.7 Å². The van der Waals surface area contributed by atoms with Crippen LogP contribution in [0, 0.1) is 0 Å². The van der Waals surface area contributed by atoms with Gasteiger partial charge in [-0.2, -0.15) is 0 Å². The summed E-state index contributed by atoms with van der Waals surface area (Å²) < 4.78 is 0. The fraction of sp³-hybridized carbons (Fsp3) is 0.278. The SMILES string of the molecule is CCc1ccc(-c2cccc(C(C)=O)c2)cc1CC. The molecule has 0 saturated carbocycles. The zero-order valence-corrected chi connectivity index (χ0v) is 11.9. The molecule has 2 aromatic rings. The van der Waals surface area contributed by atoms with E-state index in [2.05, 4.69) is 38.1 Å². The summed E-state index contributed by atoms with van der Waals surface area (Å²) in [7, 11) is 0. The van der Waals surface area contributed by atoms with E-state index in [-0.39, 0.29) is 5.78 Å². The van der Waals surface area contributed by atoms with Gasteiger partial charge in [0.1, 0.15) is 0 Å². The summed E-state index contributed by atoms with van der Waals surface area (Å²) in [5.74, 6) is 0.114. The van der Waals surface area contributed by atoms with Crippen molar-refractivity contribution in [1.82, 2.24) is 0 Å². The molecule has 0 saturated heterocycles. The summed E-state index contributed by atoms with van der Waals surface area (Å²) in [6, 6.07) is 14.5. The standard InChI is InChI=1S/C18H20O/c1-4-14-9-10-18(11-15(14)5-2)17-8-6-7-16(12-17)13(3)19/h6-12H,4-5H2,1-3H3. The summed E-state index contributed by atoms with van der Waals surface area (Å²) in [6.07, 6.45) is 2.11. The summed E-state index contributed by atoms with van der Waals surface area (Å²) in [4.78, 5) is 11.5. The molecule has 1 nitrogen and oxygen atoms in total. The third-order valence-electron chi connectivity index (χ3n) is 3.57. The van der Waals surface area contributed by atoms with Crippen molar-refractivity contribution in [3.63, 3.8) is 0 Å². The number of benzene rings is 2. The van der Waals surface area contributed by atoms with Crippen molar-refractivity contribution in [2.24, 2.45) is 0 Å². The third kappa shape index (κ3) is 2.93. The van der Waals surface area contributed by atoms with E-state index < -0.39 is 0 Å². The van der Waals surface area contributed by atoms with Gasteiger partial charge in [0.25, 0.3) is 0 Å². The maximum Gasteiger partial charge on any atom is 0.159 e. The normalized spacial score (nSPS) is 10.5. The quantitative estimate of drug-likeness (QED) is 0.722. The first-order valence-electron chi connectivity index (χ1n) is 6.88. The van der Waals surface area contributed by atoms with E-state index >= 15 is 0 Å². The smallest absolute Gasteiger partial charge is 0.159 e. The zero-order valence-electron chi connectivity index (χ0n) is 11.9. The molecule has 0 fully saturated rings. The lowest BCUT2D eigenvalue weighted by molar-refractivity contribution is 0.101. The molecule has 0 aliphatic heterocycles. The van der Waals surface area contributed by atoms with Gasteiger partial charge in [-0.05, 0) is 48.1 Å². The number of aryl methyl sites for hydroxylation is 2. The molecular formula is C18H20O. The summed E-state index contributed by atoms with van der Waals surface area (Å²) in [6.45, 7) is 5.98. The molecule has 98 valence electrons. The van der Waals surface area contributed by atoms with Crippen molar-refractivity contribution in [3.05, 3.63) is 59.2 Å². The average Bonchev–Trinajstić information content (AvgIpc) is 2.46. The van der Waals surface area contributed by atoms with Crippen LogP contribution in [0.3, 0.4) is 0 Å². The number of carbonyl (C=O) groups is 1. The molecular weight excluding hydrogens is 232 g/mol. The van der Waals surface area contributed by atoms with E-state index in [4.69, 9.17) is 0 Å². The minimum Gasteiger partial charge on any atom is -0.295 e. The largest absolute Gasteiger partial charge is 0.295 e. The molecule has 0 N–H and O–H groups in total. The number of Topliss-reactive ketones (excluding diaryl/α,β-unsaturated/α-hetero) is 1. The minimum atomic E-state index is 0.114. The van der Waals surface area contributed by atoms with Crippen LogP contribution < -0.4 is 0 Å². The number of carbonyl (C=O) groups excluding carboxylic acids is 1. The van der Waals surface area contributed by atoms with Crippen LogP contribution in [-0.2, 0) is 12.8 Å². The molecule has 0 aliphatic rings. The van der Waals surface area contributed by atoms with Gasteiger partial charge in [0, 0.05) is 5.56 Å². The van der Waals surface area contributed by atoms with Crippen LogP contribution in [0.1, 0.15) is 42.3 Å². The molecule has 0 radical (unpaired) electrons. The average molecular weight is 252 g/mol. The number of ketones is 1. The maximum atomic E-state index is 11.5. The van der Waals surface area contributed by atoms with Gasteiger partial charge < -0.3 is 0 Å². The molecule has 0 bridgehead atoms. The summed E-state index contributed by atoms with van der Waals surface area (Å²) >= 11 is 0. The summed E-state index contributed by atoms with van der Waals surface area (Å²) in [5, 5.41) is 0. The maximum absolute atomic E-state index is 11.5. The molecule has 0 unspecified atom stereocenters. The highest BCUT2D eigenvalue weighted by molar-refractivity contribution is 5.95. The van der Waals surface area contributed by atoms with E-state index in [0.29, 0.717) is 0 Å². The second kappa shape index (κ2) is 5.83. The van der Waals surface area contributed by atoms with Gasteiger partial charge in [-0.3, -0.25) is 4.79 Å². The van der Waals surface area contributed by atoms with Crippen molar-refractivity contribution < 1.29 is 4.79 Å². The second-order valence-electron chi connectivity index (χ2n) is 4.83. The van der Waals surface area contributed by atoms with Crippen molar-refractivity contribution >= 4 is 5.78 Å². The first kappa shape index (κ1) is 13.5. The molecule has 0 amide bonds. The predicted molar refractivity (Wildman–Crippen MR) is 80.6 cm³/mol. The van der Waals surface area contributed by atoms with Crippen molar-refractivity contribution in [2.75, 3.05) is 0 Å². The Bertz CT molecular complexity index is 596. The first-order valence-corrected chi connectivity index (χ1v) is 6.88. The van der Waals surface area contributed by atoms with Crippen LogP contribution in [0.5, 0.6) is 0 Å². The molecule has 0 heterocycles. The number of hydrogen-bond acceptors (Lipinski definition) is 1. The van der Waals surface area contributed by atoms with Gasteiger partial charge in [0.2, 0.25) is 0 Å². The van der Waals surface area contributed by atoms with Crippen molar-refractivity contribution in [1.29, 1.82) is 0 Å². The predicted octanol–water partition coefficient (Wildman–Crippen LogP) is 4.68. The lowest BCUT2D eigenvalue weighted by atomic mass is 9.95. The van der Waals surface area contributed by atoms with E-state index in [0.717, 1.165) is 24.0 Å². The Morgan fingerprint density at radius 2 is 1.58 bits per heavy atom. The Balaban J connectivity index is 2.47. The van der Waals surface area contributed by atoms with Crippen LogP contribution in [0.4, 0.5) is 0 Å². The third-order valence-corrected chi connectivity index (χ3v) is 3.57. The molecule has 0 aromatic heterocycles.